The summed E-state index contributed by atoms with van der Waals surface area (Å²) in [5.74, 6) is 0.893. The van der Waals surface area contributed by atoms with Crippen molar-refractivity contribution in [2.24, 2.45) is 4.99 Å². The van der Waals surface area contributed by atoms with Gasteiger partial charge in [0.15, 0.2) is 5.96 Å². The molecule has 2 N–H and O–H groups in total. The number of nitrogens with one attached hydrogen (secondary N) is 2. The zero-order valence-electron chi connectivity index (χ0n) is 14.5. The van der Waals surface area contributed by atoms with Crippen LogP contribution >= 0.6 is 0 Å². The highest BCUT2D eigenvalue weighted by atomic mass is 16.5. The van der Waals surface area contributed by atoms with E-state index in [4.69, 9.17) is 9.47 Å². The lowest BCUT2D eigenvalue weighted by Crippen LogP contribution is -2.38. The van der Waals surface area contributed by atoms with Crippen molar-refractivity contribution >= 4 is 5.96 Å². The summed E-state index contributed by atoms with van der Waals surface area (Å²) in [6.07, 6.45) is 11.6. The van der Waals surface area contributed by atoms with Gasteiger partial charge in [-0.15, -0.1) is 0 Å². The van der Waals surface area contributed by atoms with E-state index in [2.05, 4.69) is 15.6 Å². The van der Waals surface area contributed by atoms with Crippen LogP contribution in [-0.4, -0.2) is 52.5 Å². The fourth-order valence-electron chi connectivity index (χ4n) is 2.74. The van der Waals surface area contributed by atoms with E-state index < -0.39 is 0 Å². The molecule has 0 unspecified atom stereocenters. The third-order valence-corrected chi connectivity index (χ3v) is 4.06. The van der Waals surface area contributed by atoms with Gasteiger partial charge in [-0.3, -0.25) is 4.99 Å². The number of methoxy groups -OCH3 is 1. The van der Waals surface area contributed by atoms with Gasteiger partial charge in [0.05, 0.1) is 6.10 Å². The summed E-state index contributed by atoms with van der Waals surface area (Å²) in [7, 11) is 3.57. The molecule has 0 saturated heterocycles. The van der Waals surface area contributed by atoms with E-state index in [1.54, 1.807) is 7.11 Å². The smallest absolute Gasteiger partial charge is 0.190 e. The molecule has 0 spiro atoms. The fourth-order valence-corrected chi connectivity index (χ4v) is 2.74. The molecule has 22 heavy (non-hydrogen) atoms. The minimum absolute atomic E-state index is 0.512. The van der Waals surface area contributed by atoms with Gasteiger partial charge < -0.3 is 20.1 Å². The molecule has 1 aliphatic carbocycles. The van der Waals surface area contributed by atoms with Crippen LogP contribution in [0.5, 0.6) is 0 Å². The molecule has 0 aromatic carbocycles. The minimum Gasteiger partial charge on any atom is -0.385 e. The van der Waals surface area contributed by atoms with Crippen molar-refractivity contribution in [3.05, 3.63) is 0 Å². The molecule has 0 heterocycles. The third kappa shape index (κ3) is 10.0. The van der Waals surface area contributed by atoms with Gasteiger partial charge in [-0.1, -0.05) is 19.3 Å². The van der Waals surface area contributed by atoms with Gasteiger partial charge >= 0.3 is 0 Å². The Balaban J connectivity index is 1.92. The maximum absolute atomic E-state index is 5.92. The van der Waals surface area contributed by atoms with Crippen molar-refractivity contribution in [2.45, 2.75) is 63.9 Å². The van der Waals surface area contributed by atoms with Crippen LogP contribution in [-0.2, 0) is 9.47 Å². The minimum atomic E-state index is 0.512. The first kappa shape index (κ1) is 19.2. The van der Waals surface area contributed by atoms with E-state index in [0.717, 1.165) is 51.5 Å². The second-order valence-corrected chi connectivity index (χ2v) is 5.96. The molecule has 0 atom stereocenters. The molecule has 0 aromatic heterocycles. The Bertz CT molecular complexity index is 279. The van der Waals surface area contributed by atoms with E-state index in [1.165, 1.54) is 38.5 Å². The third-order valence-electron chi connectivity index (χ3n) is 4.06. The normalized spacial score (nSPS) is 16.7. The van der Waals surface area contributed by atoms with Crippen molar-refractivity contribution in [3.63, 3.8) is 0 Å². The van der Waals surface area contributed by atoms with E-state index in [9.17, 15) is 0 Å². The van der Waals surface area contributed by atoms with Crippen molar-refractivity contribution in [2.75, 3.05) is 40.5 Å². The van der Waals surface area contributed by atoms with Crippen LogP contribution in [0, 0.1) is 0 Å². The molecule has 0 aliphatic heterocycles. The summed E-state index contributed by atoms with van der Waals surface area (Å²) >= 11 is 0. The van der Waals surface area contributed by atoms with Gasteiger partial charge in [0, 0.05) is 40.5 Å². The zero-order chi connectivity index (χ0) is 15.9. The highest BCUT2D eigenvalue weighted by Crippen LogP contribution is 2.20. The SMILES string of the molecule is CN=C(NCCCCCOC)NCCCOC1CCCCC1. The Labute approximate surface area is 136 Å². The van der Waals surface area contributed by atoms with Gasteiger partial charge in [0.25, 0.3) is 0 Å². The molecular weight excluding hydrogens is 278 g/mol. The molecule has 5 nitrogen and oxygen atoms in total. The maximum Gasteiger partial charge on any atom is 0.190 e. The number of hydrogen-bond donors (Lipinski definition) is 2. The second kappa shape index (κ2) is 13.8. The van der Waals surface area contributed by atoms with Crippen molar-refractivity contribution in [3.8, 4) is 0 Å². The monoisotopic (exact) mass is 313 g/mol. The summed E-state index contributed by atoms with van der Waals surface area (Å²) in [5.41, 5.74) is 0. The first-order valence-electron chi connectivity index (χ1n) is 8.92. The number of guanidine groups is 1. The predicted molar refractivity (Wildman–Crippen MR) is 92.5 cm³/mol. The van der Waals surface area contributed by atoms with Crippen LogP contribution in [0.4, 0.5) is 0 Å². The van der Waals surface area contributed by atoms with Gasteiger partial charge in [-0.2, -0.15) is 0 Å². The summed E-state index contributed by atoms with van der Waals surface area (Å²) < 4.78 is 11.0. The summed E-state index contributed by atoms with van der Waals surface area (Å²) in [5, 5.41) is 6.69. The zero-order valence-corrected chi connectivity index (χ0v) is 14.5. The number of hydrogen-bond acceptors (Lipinski definition) is 3. The van der Waals surface area contributed by atoms with Crippen LogP contribution in [0.25, 0.3) is 0 Å². The number of nitrogens with zero attached hydrogens (tertiary/aromatic N) is 1. The molecule has 0 radical (unpaired) electrons. The van der Waals surface area contributed by atoms with Gasteiger partial charge in [-0.25, -0.2) is 0 Å². The van der Waals surface area contributed by atoms with Crippen LogP contribution in [0.1, 0.15) is 57.8 Å². The molecule has 1 rings (SSSR count). The Morgan fingerprint density at radius 2 is 1.68 bits per heavy atom. The van der Waals surface area contributed by atoms with Crippen LogP contribution in [0.15, 0.2) is 4.99 Å². The van der Waals surface area contributed by atoms with Crippen molar-refractivity contribution in [1.82, 2.24) is 10.6 Å². The standard InChI is InChI=1S/C17H35N3O2/c1-18-17(19-12-7-4-8-14-21-2)20-13-9-15-22-16-10-5-3-6-11-16/h16H,3-15H2,1-2H3,(H2,18,19,20). The Morgan fingerprint density at radius 1 is 0.955 bits per heavy atom. The Morgan fingerprint density at radius 3 is 2.36 bits per heavy atom. The van der Waals surface area contributed by atoms with Crippen molar-refractivity contribution in [1.29, 1.82) is 0 Å². The van der Waals surface area contributed by atoms with Crippen molar-refractivity contribution < 1.29 is 9.47 Å². The van der Waals surface area contributed by atoms with E-state index >= 15 is 0 Å². The molecule has 1 saturated carbocycles. The number of ether oxygens (including phenoxy) is 2. The highest BCUT2D eigenvalue weighted by molar-refractivity contribution is 5.79. The quantitative estimate of drug-likeness (QED) is 0.350. The average molecular weight is 313 g/mol. The van der Waals surface area contributed by atoms with Crippen LogP contribution in [0.3, 0.4) is 0 Å². The average Bonchev–Trinajstić information content (AvgIpc) is 2.56. The largest absolute Gasteiger partial charge is 0.385 e. The Hall–Kier alpha value is -0.810. The molecule has 5 heteroatoms. The van der Waals surface area contributed by atoms with Gasteiger partial charge in [-0.05, 0) is 38.5 Å². The topological polar surface area (TPSA) is 54.9 Å². The summed E-state index contributed by atoms with van der Waals surface area (Å²) in [4.78, 5) is 4.24. The van der Waals surface area contributed by atoms with Gasteiger partial charge in [0.2, 0.25) is 0 Å². The van der Waals surface area contributed by atoms with E-state index in [-0.39, 0.29) is 0 Å². The Kier molecular flexibility index (Phi) is 12.1. The fraction of sp³-hybridized carbons (Fsp3) is 0.941. The first-order valence-corrected chi connectivity index (χ1v) is 8.92. The molecule has 0 amide bonds. The second-order valence-electron chi connectivity index (χ2n) is 5.96. The lowest BCUT2D eigenvalue weighted by Gasteiger charge is -2.22. The molecule has 1 aliphatic rings. The van der Waals surface area contributed by atoms with E-state index in [0.29, 0.717) is 6.10 Å². The molecule has 130 valence electrons. The molecular formula is C17H35N3O2. The lowest BCUT2D eigenvalue weighted by atomic mass is 9.98. The maximum atomic E-state index is 5.92. The van der Waals surface area contributed by atoms with Gasteiger partial charge in [0.1, 0.15) is 0 Å². The van der Waals surface area contributed by atoms with Crippen LogP contribution in [0.2, 0.25) is 0 Å². The number of unbranched alkanes of at least 4 members (excludes halogenated alkanes) is 2. The number of rotatable bonds is 11. The number of aliphatic imine (C=N–C) groups is 1. The van der Waals surface area contributed by atoms with Crippen LogP contribution < -0.4 is 10.6 Å². The molecule has 1 fully saturated rings. The predicted octanol–water partition coefficient (Wildman–Crippen LogP) is 2.71. The lowest BCUT2D eigenvalue weighted by molar-refractivity contribution is 0.0277. The molecule has 0 aromatic rings. The highest BCUT2D eigenvalue weighted by Gasteiger charge is 2.12. The first-order chi connectivity index (χ1) is 10.9. The summed E-state index contributed by atoms with van der Waals surface area (Å²) in [6.45, 7) is 3.58. The summed E-state index contributed by atoms with van der Waals surface area (Å²) in [6, 6.07) is 0. The van der Waals surface area contributed by atoms with E-state index in [1.807, 2.05) is 7.05 Å². The molecule has 0 bridgehead atoms.